The van der Waals surface area contributed by atoms with Crippen molar-refractivity contribution in [2.75, 3.05) is 0 Å². The molecule has 0 fully saturated rings. The highest BCUT2D eigenvalue weighted by Gasteiger charge is 2.26. The average molecular weight is 306 g/mol. The molecule has 0 amide bonds. The average Bonchev–Trinajstić information content (AvgIpc) is 2.97. The smallest absolute Gasteiger partial charge is 0.242 e. The summed E-state index contributed by atoms with van der Waals surface area (Å²) in [5.41, 5.74) is 2.76. The zero-order chi connectivity index (χ0) is 14.9. The van der Waals surface area contributed by atoms with Gasteiger partial charge in [-0.15, -0.1) is 0 Å². The van der Waals surface area contributed by atoms with Gasteiger partial charge in [0.15, 0.2) is 0 Å². The lowest BCUT2D eigenvalue weighted by molar-refractivity contribution is 0.277. The minimum atomic E-state index is -3.58. The molecule has 1 aliphatic carbocycles. The van der Waals surface area contributed by atoms with Crippen LogP contribution in [0.2, 0.25) is 0 Å². The van der Waals surface area contributed by atoms with E-state index < -0.39 is 10.0 Å². The monoisotopic (exact) mass is 306 g/mol. The highest BCUT2D eigenvalue weighted by molar-refractivity contribution is 7.89. The van der Waals surface area contributed by atoms with Gasteiger partial charge in [-0.05, 0) is 36.5 Å². The number of fused-ring (bicyclic) bond motifs is 1. The fourth-order valence-electron chi connectivity index (χ4n) is 2.80. The molecule has 0 aliphatic heterocycles. The van der Waals surface area contributed by atoms with Crippen LogP contribution >= 0.6 is 0 Å². The van der Waals surface area contributed by atoms with Crippen molar-refractivity contribution in [3.05, 3.63) is 53.3 Å². The van der Waals surface area contributed by atoms with Crippen LogP contribution in [-0.4, -0.2) is 18.5 Å². The Labute approximate surface area is 124 Å². The number of aromatic amines is 1. The predicted octanol–water partition coefficient (Wildman–Crippen LogP) is 1.86. The SMILES string of the molecule is O=S(=O)(NC1CCCc2ccccc21)c1c[nH]c(CO)c1. The van der Waals surface area contributed by atoms with Gasteiger partial charge in [0, 0.05) is 17.9 Å². The van der Waals surface area contributed by atoms with Crippen molar-refractivity contribution in [1.82, 2.24) is 9.71 Å². The fraction of sp³-hybridized carbons (Fsp3) is 0.333. The third kappa shape index (κ3) is 2.88. The highest BCUT2D eigenvalue weighted by atomic mass is 32.2. The molecule has 1 heterocycles. The maximum Gasteiger partial charge on any atom is 0.242 e. The van der Waals surface area contributed by atoms with Gasteiger partial charge in [-0.3, -0.25) is 0 Å². The van der Waals surface area contributed by atoms with Crippen molar-refractivity contribution in [3.63, 3.8) is 0 Å². The van der Waals surface area contributed by atoms with Gasteiger partial charge in [0.05, 0.1) is 11.5 Å². The van der Waals surface area contributed by atoms with Gasteiger partial charge in [-0.1, -0.05) is 24.3 Å². The van der Waals surface area contributed by atoms with Crippen LogP contribution in [0.15, 0.2) is 41.4 Å². The van der Waals surface area contributed by atoms with Crippen LogP contribution in [0.4, 0.5) is 0 Å². The third-order valence-corrected chi connectivity index (χ3v) is 5.31. The van der Waals surface area contributed by atoms with Gasteiger partial charge < -0.3 is 10.1 Å². The van der Waals surface area contributed by atoms with Crippen LogP contribution in [0, 0.1) is 0 Å². The second-order valence-corrected chi connectivity index (χ2v) is 7.00. The zero-order valence-electron chi connectivity index (χ0n) is 11.5. The summed E-state index contributed by atoms with van der Waals surface area (Å²) in [6.07, 6.45) is 4.17. The second kappa shape index (κ2) is 5.63. The first kappa shape index (κ1) is 14.3. The quantitative estimate of drug-likeness (QED) is 0.806. The molecule has 1 aromatic heterocycles. The topological polar surface area (TPSA) is 82.2 Å². The van der Waals surface area contributed by atoms with E-state index in [0.29, 0.717) is 5.69 Å². The highest BCUT2D eigenvalue weighted by Crippen LogP contribution is 2.30. The van der Waals surface area contributed by atoms with E-state index in [-0.39, 0.29) is 17.5 Å². The number of benzene rings is 1. The molecule has 0 saturated carbocycles. The summed E-state index contributed by atoms with van der Waals surface area (Å²) >= 11 is 0. The van der Waals surface area contributed by atoms with E-state index in [2.05, 4.69) is 15.8 Å². The Morgan fingerprint density at radius 3 is 2.90 bits per heavy atom. The van der Waals surface area contributed by atoms with Crippen LogP contribution in [-0.2, 0) is 23.1 Å². The molecule has 0 spiro atoms. The molecule has 0 radical (unpaired) electrons. The molecular formula is C15H18N2O3S. The molecule has 0 bridgehead atoms. The number of nitrogens with one attached hydrogen (secondary N) is 2. The molecule has 6 heteroatoms. The van der Waals surface area contributed by atoms with Crippen LogP contribution < -0.4 is 4.72 Å². The Morgan fingerprint density at radius 2 is 2.14 bits per heavy atom. The van der Waals surface area contributed by atoms with Crippen molar-refractivity contribution in [3.8, 4) is 0 Å². The second-order valence-electron chi connectivity index (χ2n) is 5.28. The standard InChI is InChI=1S/C15H18N2O3S/c18-10-12-8-13(9-16-12)21(19,20)17-15-7-3-5-11-4-1-2-6-14(11)15/h1-2,4,6,8-9,15-18H,3,5,7,10H2. The number of aryl methyl sites for hydroxylation is 1. The summed E-state index contributed by atoms with van der Waals surface area (Å²) in [6.45, 7) is -0.207. The molecule has 1 unspecified atom stereocenters. The maximum absolute atomic E-state index is 12.4. The van der Waals surface area contributed by atoms with Crippen molar-refractivity contribution in [1.29, 1.82) is 0 Å². The molecule has 0 saturated heterocycles. The lowest BCUT2D eigenvalue weighted by Crippen LogP contribution is -2.30. The van der Waals surface area contributed by atoms with Gasteiger partial charge in [0.1, 0.15) is 0 Å². The summed E-state index contributed by atoms with van der Waals surface area (Å²) in [5.74, 6) is 0. The molecule has 2 aromatic rings. The fourth-order valence-corrected chi connectivity index (χ4v) is 4.06. The molecule has 1 atom stereocenters. The van der Waals surface area contributed by atoms with E-state index >= 15 is 0 Å². The molecular weight excluding hydrogens is 288 g/mol. The van der Waals surface area contributed by atoms with Gasteiger partial charge in [0.2, 0.25) is 10.0 Å². The van der Waals surface area contributed by atoms with Crippen molar-refractivity contribution < 1.29 is 13.5 Å². The summed E-state index contributed by atoms with van der Waals surface area (Å²) < 4.78 is 27.6. The van der Waals surface area contributed by atoms with Crippen LogP contribution in [0.3, 0.4) is 0 Å². The van der Waals surface area contributed by atoms with E-state index in [4.69, 9.17) is 5.11 Å². The number of hydrogen-bond acceptors (Lipinski definition) is 3. The molecule has 112 valence electrons. The number of aliphatic hydroxyl groups is 1. The largest absolute Gasteiger partial charge is 0.390 e. The number of aromatic nitrogens is 1. The Bertz CT molecular complexity index is 737. The first-order valence-electron chi connectivity index (χ1n) is 6.98. The molecule has 3 N–H and O–H groups in total. The summed E-state index contributed by atoms with van der Waals surface area (Å²) in [7, 11) is -3.58. The maximum atomic E-state index is 12.4. The van der Waals surface area contributed by atoms with Gasteiger partial charge in [-0.25, -0.2) is 13.1 Å². The Balaban J connectivity index is 1.86. The van der Waals surface area contributed by atoms with Crippen molar-refractivity contribution >= 4 is 10.0 Å². The van der Waals surface area contributed by atoms with Gasteiger partial charge >= 0.3 is 0 Å². The molecule has 21 heavy (non-hydrogen) atoms. The van der Waals surface area contributed by atoms with Gasteiger partial charge in [0.25, 0.3) is 0 Å². The summed E-state index contributed by atoms with van der Waals surface area (Å²) in [6, 6.07) is 9.22. The molecule has 3 rings (SSSR count). The Hall–Kier alpha value is -1.63. The minimum absolute atomic E-state index is 0.162. The molecule has 1 aliphatic rings. The molecule has 5 nitrogen and oxygen atoms in total. The first-order chi connectivity index (χ1) is 10.1. The van der Waals surface area contributed by atoms with Crippen LogP contribution in [0.1, 0.15) is 35.7 Å². The van der Waals surface area contributed by atoms with Crippen molar-refractivity contribution in [2.24, 2.45) is 0 Å². The number of rotatable bonds is 4. The normalized spacial score (nSPS) is 18.4. The van der Waals surface area contributed by atoms with E-state index in [1.165, 1.54) is 17.8 Å². The summed E-state index contributed by atoms with van der Waals surface area (Å²) in [5, 5.41) is 9.02. The van der Waals surface area contributed by atoms with Crippen LogP contribution in [0.25, 0.3) is 0 Å². The van der Waals surface area contributed by atoms with E-state index in [1.54, 1.807) is 0 Å². The Kier molecular flexibility index (Phi) is 3.84. The third-order valence-electron chi connectivity index (χ3n) is 3.86. The zero-order valence-corrected chi connectivity index (χ0v) is 12.4. The first-order valence-corrected chi connectivity index (χ1v) is 8.47. The van der Waals surface area contributed by atoms with E-state index in [1.807, 2.05) is 18.2 Å². The lowest BCUT2D eigenvalue weighted by atomic mass is 9.88. The number of sulfonamides is 1. The number of H-pyrrole nitrogens is 1. The van der Waals surface area contributed by atoms with Crippen molar-refractivity contribution in [2.45, 2.75) is 36.8 Å². The van der Waals surface area contributed by atoms with E-state index in [9.17, 15) is 8.42 Å². The number of hydrogen-bond donors (Lipinski definition) is 3. The summed E-state index contributed by atoms with van der Waals surface area (Å²) in [4.78, 5) is 2.91. The minimum Gasteiger partial charge on any atom is -0.390 e. The van der Waals surface area contributed by atoms with E-state index in [0.717, 1.165) is 24.8 Å². The molecule has 1 aromatic carbocycles. The Morgan fingerprint density at radius 1 is 1.33 bits per heavy atom. The predicted molar refractivity (Wildman–Crippen MR) is 79.2 cm³/mol. The van der Waals surface area contributed by atoms with Crippen LogP contribution in [0.5, 0.6) is 0 Å². The number of aliphatic hydroxyl groups excluding tert-OH is 1. The lowest BCUT2D eigenvalue weighted by Gasteiger charge is -2.25. The van der Waals surface area contributed by atoms with Gasteiger partial charge in [-0.2, -0.15) is 0 Å².